The Morgan fingerprint density at radius 1 is 0.793 bits per heavy atom. The first-order chi connectivity index (χ1) is 13.7. The average molecular weight is 408 g/mol. The standard InChI is InChI=1S/C22H20N2O4S/c1-15-6-12-21(13-7-15)29(27,28)24-19-10-8-17(9-11-19)22(26)23-20-5-3-4-18(14-20)16(2)25/h3-14,24H,1-2H3,(H,23,26). The number of sulfonamides is 1. The van der Waals surface area contributed by atoms with Crippen LogP contribution in [0.15, 0.2) is 77.7 Å². The van der Waals surface area contributed by atoms with Gasteiger partial charge in [-0.25, -0.2) is 8.42 Å². The van der Waals surface area contributed by atoms with Crippen molar-refractivity contribution < 1.29 is 18.0 Å². The van der Waals surface area contributed by atoms with Gasteiger partial charge in [-0.05, 0) is 62.4 Å². The van der Waals surface area contributed by atoms with Crippen molar-refractivity contribution in [1.82, 2.24) is 0 Å². The van der Waals surface area contributed by atoms with E-state index in [4.69, 9.17) is 0 Å². The highest BCUT2D eigenvalue weighted by molar-refractivity contribution is 7.92. The summed E-state index contributed by atoms with van der Waals surface area (Å²) in [6, 6.07) is 19.3. The van der Waals surface area contributed by atoms with Crippen molar-refractivity contribution in [2.24, 2.45) is 0 Å². The highest BCUT2D eigenvalue weighted by atomic mass is 32.2. The molecule has 3 aromatic rings. The van der Waals surface area contributed by atoms with Gasteiger partial charge in [-0.1, -0.05) is 29.8 Å². The number of Topliss-reactive ketones (excluding diaryl/α,β-unsaturated/α-hetero) is 1. The highest BCUT2D eigenvalue weighted by Crippen LogP contribution is 2.18. The third-order valence-electron chi connectivity index (χ3n) is 4.26. The molecule has 0 bridgehead atoms. The quantitative estimate of drug-likeness (QED) is 0.597. The van der Waals surface area contributed by atoms with Gasteiger partial charge < -0.3 is 5.32 Å². The molecule has 148 valence electrons. The third kappa shape index (κ3) is 5.08. The second-order valence-electron chi connectivity index (χ2n) is 6.59. The van der Waals surface area contributed by atoms with Crippen molar-refractivity contribution in [2.75, 3.05) is 10.0 Å². The lowest BCUT2D eigenvalue weighted by Crippen LogP contribution is -2.14. The predicted molar refractivity (Wildman–Crippen MR) is 113 cm³/mol. The number of anilines is 2. The molecule has 0 saturated carbocycles. The Bertz CT molecular complexity index is 1150. The van der Waals surface area contributed by atoms with Gasteiger partial charge in [0.05, 0.1) is 4.90 Å². The molecule has 2 N–H and O–H groups in total. The zero-order valence-electron chi connectivity index (χ0n) is 16.0. The normalized spacial score (nSPS) is 11.0. The second kappa shape index (κ2) is 8.28. The summed E-state index contributed by atoms with van der Waals surface area (Å²) in [6.07, 6.45) is 0. The van der Waals surface area contributed by atoms with Gasteiger partial charge in [0, 0.05) is 22.5 Å². The smallest absolute Gasteiger partial charge is 0.261 e. The first kappa shape index (κ1) is 20.3. The number of carbonyl (C=O) groups excluding carboxylic acids is 2. The molecule has 29 heavy (non-hydrogen) atoms. The third-order valence-corrected chi connectivity index (χ3v) is 5.65. The molecule has 7 heteroatoms. The second-order valence-corrected chi connectivity index (χ2v) is 8.27. The lowest BCUT2D eigenvalue weighted by Gasteiger charge is -2.10. The Hall–Kier alpha value is -3.45. The van der Waals surface area contributed by atoms with Crippen LogP contribution < -0.4 is 10.0 Å². The van der Waals surface area contributed by atoms with Crippen molar-refractivity contribution in [2.45, 2.75) is 18.7 Å². The van der Waals surface area contributed by atoms with Gasteiger partial charge in [0.1, 0.15) is 0 Å². The summed E-state index contributed by atoms with van der Waals surface area (Å²) in [4.78, 5) is 24.0. The van der Waals surface area contributed by atoms with Gasteiger partial charge in [0.25, 0.3) is 15.9 Å². The number of aryl methyl sites for hydroxylation is 1. The Kier molecular flexibility index (Phi) is 5.79. The lowest BCUT2D eigenvalue weighted by molar-refractivity contribution is 0.101. The van der Waals surface area contributed by atoms with Crippen molar-refractivity contribution in [3.63, 3.8) is 0 Å². The van der Waals surface area contributed by atoms with Crippen LogP contribution in [0, 0.1) is 6.92 Å². The molecule has 1 amide bonds. The number of hydrogen-bond acceptors (Lipinski definition) is 4. The van der Waals surface area contributed by atoms with E-state index < -0.39 is 10.0 Å². The molecule has 0 atom stereocenters. The number of hydrogen-bond donors (Lipinski definition) is 2. The Balaban J connectivity index is 1.71. The summed E-state index contributed by atoms with van der Waals surface area (Å²) < 4.78 is 27.4. The van der Waals surface area contributed by atoms with E-state index in [9.17, 15) is 18.0 Å². The zero-order chi connectivity index (χ0) is 21.0. The van der Waals surface area contributed by atoms with Crippen LogP contribution in [0.1, 0.15) is 33.2 Å². The number of amides is 1. The summed E-state index contributed by atoms with van der Waals surface area (Å²) in [5.74, 6) is -0.454. The molecule has 0 radical (unpaired) electrons. The fraction of sp³-hybridized carbons (Fsp3) is 0.0909. The molecule has 0 saturated heterocycles. The maximum atomic E-state index is 12.4. The van der Waals surface area contributed by atoms with Gasteiger partial charge in [-0.2, -0.15) is 0 Å². The van der Waals surface area contributed by atoms with Crippen LogP contribution in [-0.4, -0.2) is 20.1 Å². The molecule has 0 aliphatic carbocycles. The Morgan fingerprint density at radius 3 is 2.07 bits per heavy atom. The van der Waals surface area contributed by atoms with Crippen LogP contribution in [0.4, 0.5) is 11.4 Å². The summed E-state index contributed by atoms with van der Waals surface area (Å²) >= 11 is 0. The molecule has 0 fully saturated rings. The first-order valence-electron chi connectivity index (χ1n) is 8.86. The van der Waals surface area contributed by atoms with E-state index in [-0.39, 0.29) is 16.6 Å². The fourth-order valence-electron chi connectivity index (χ4n) is 2.64. The average Bonchev–Trinajstić information content (AvgIpc) is 2.68. The maximum absolute atomic E-state index is 12.4. The lowest BCUT2D eigenvalue weighted by atomic mass is 10.1. The van der Waals surface area contributed by atoms with Crippen LogP contribution in [0.25, 0.3) is 0 Å². The molecule has 0 aliphatic heterocycles. The van der Waals surface area contributed by atoms with E-state index in [1.165, 1.54) is 43.3 Å². The van der Waals surface area contributed by atoms with Crippen molar-refractivity contribution in [3.05, 3.63) is 89.5 Å². The molecular formula is C22H20N2O4S. The monoisotopic (exact) mass is 408 g/mol. The van der Waals surface area contributed by atoms with Crippen LogP contribution in [0.3, 0.4) is 0 Å². The largest absolute Gasteiger partial charge is 0.322 e. The zero-order valence-corrected chi connectivity index (χ0v) is 16.8. The van der Waals surface area contributed by atoms with E-state index in [1.54, 1.807) is 36.4 Å². The molecule has 3 aromatic carbocycles. The summed E-state index contributed by atoms with van der Waals surface area (Å²) in [5.41, 5.74) is 2.68. The van der Waals surface area contributed by atoms with Gasteiger partial charge in [-0.15, -0.1) is 0 Å². The summed E-state index contributed by atoms with van der Waals surface area (Å²) in [7, 11) is -3.71. The molecule has 0 unspecified atom stereocenters. The van der Waals surface area contributed by atoms with E-state index in [0.717, 1.165) is 5.56 Å². The van der Waals surface area contributed by atoms with Crippen molar-refractivity contribution in [1.29, 1.82) is 0 Å². The fourth-order valence-corrected chi connectivity index (χ4v) is 3.70. The predicted octanol–water partition coefficient (Wildman–Crippen LogP) is 4.25. The first-order valence-corrected chi connectivity index (χ1v) is 10.3. The van der Waals surface area contributed by atoms with Gasteiger partial charge >= 0.3 is 0 Å². The Labute approximate surface area is 169 Å². The van der Waals surface area contributed by atoms with Crippen molar-refractivity contribution >= 4 is 33.1 Å². The van der Waals surface area contributed by atoms with Gasteiger partial charge in [-0.3, -0.25) is 14.3 Å². The minimum atomic E-state index is -3.71. The van der Waals surface area contributed by atoms with Crippen LogP contribution in [0.5, 0.6) is 0 Å². The van der Waals surface area contributed by atoms with Crippen LogP contribution in [0.2, 0.25) is 0 Å². The molecule has 0 heterocycles. The SMILES string of the molecule is CC(=O)c1cccc(NC(=O)c2ccc(NS(=O)(=O)c3ccc(C)cc3)cc2)c1. The number of benzene rings is 3. The molecule has 0 spiro atoms. The summed E-state index contributed by atoms with van der Waals surface area (Å²) in [6.45, 7) is 3.33. The van der Waals surface area contributed by atoms with Crippen LogP contribution >= 0.6 is 0 Å². The number of nitrogens with one attached hydrogen (secondary N) is 2. The van der Waals surface area contributed by atoms with Gasteiger partial charge in [0.15, 0.2) is 5.78 Å². The summed E-state index contributed by atoms with van der Waals surface area (Å²) in [5, 5.41) is 2.72. The Morgan fingerprint density at radius 2 is 1.45 bits per heavy atom. The molecule has 3 rings (SSSR count). The highest BCUT2D eigenvalue weighted by Gasteiger charge is 2.14. The topological polar surface area (TPSA) is 92.3 Å². The maximum Gasteiger partial charge on any atom is 0.261 e. The molecule has 0 aliphatic rings. The molecular weight excluding hydrogens is 388 g/mol. The van der Waals surface area contributed by atoms with Crippen LogP contribution in [-0.2, 0) is 10.0 Å². The number of rotatable bonds is 6. The minimum absolute atomic E-state index is 0.0914. The van der Waals surface area contributed by atoms with E-state index in [2.05, 4.69) is 10.0 Å². The number of carbonyl (C=O) groups is 2. The molecule has 6 nitrogen and oxygen atoms in total. The van der Waals surface area contributed by atoms with E-state index in [0.29, 0.717) is 22.5 Å². The number of ketones is 1. The minimum Gasteiger partial charge on any atom is -0.322 e. The van der Waals surface area contributed by atoms with E-state index in [1.807, 2.05) is 6.92 Å². The molecule has 0 aromatic heterocycles. The van der Waals surface area contributed by atoms with Gasteiger partial charge in [0.2, 0.25) is 0 Å². The van der Waals surface area contributed by atoms with E-state index >= 15 is 0 Å². The van der Waals surface area contributed by atoms with Crippen molar-refractivity contribution in [3.8, 4) is 0 Å².